The summed E-state index contributed by atoms with van der Waals surface area (Å²) in [5, 5.41) is 0. The molecule has 0 aliphatic rings. The molecule has 0 bridgehead atoms. The molecular weight excluding hydrogens is 233 g/mol. The Balaban J connectivity index is 0. The average molecular weight is 259 g/mol. The minimum atomic E-state index is -6.00. The van der Waals surface area contributed by atoms with Crippen LogP contribution in [0, 0.1) is 0 Å². The van der Waals surface area contributed by atoms with Gasteiger partial charge in [-0.3, -0.25) is 0 Å². The topological polar surface area (TPSA) is 0 Å². The predicted molar refractivity (Wildman–Crippen MR) is 66.4 cm³/mol. The summed E-state index contributed by atoms with van der Waals surface area (Å²) in [6.07, 6.45) is 0. The van der Waals surface area contributed by atoms with Crippen LogP contribution >= 0.6 is 0 Å². The number of nitrogens with zero attached hydrogens (tertiary/aromatic N) is 1. The fourth-order valence-electron chi connectivity index (χ4n) is 2.88. The fraction of sp³-hybridized carbons (Fsp3) is 1.00. The van der Waals surface area contributed by atoms with Gasteiger partial charge in [0, 0.05) is 0 Å². The van der Waals surface area contributed by atoms with Gasteiger partial charge in [0.2, 0.25) is 0 Å². The maximum absolute atomic E-state index is 9.75. The van der Waals surface area contributed by atoms with E-state index < -0.39 is 7.25 Å². The largest absolute Gasteiger partial charge is 0.673 e. The van der Waals surface area contributed by atoms with Crippen LogP contribution in [0.5, 0.6) is 0 Å². The van der Waals surface area contributed by atoms with Crippen LogP contribution in [0.2, 0.25) is 0 Å². The molecule has 0 amide bonds. The van der Waals surface area contributed by atoms with Gasteiger partial charge in [-0.05, 0) is 48.5 Å². The lowest BCUT2D eigenvalue weighted by Crippen LogP contribution is -2.61. The molecule has 6 heteroatoms. The van der Waals surface area contributed by atoms with E-state index in [0.29, 0.717) is 0 Å². The zero-order chi connectivity index (χ0) is 14.4. The monoisotopic (exact) mass is 259 g/mol. The Bertz CT molecular complexity index is 174. The third-order valence-electron chi connectivity index (χ3n) is 3.43. The molecule has 0 aliphatic heterocycles. The van der Waals surface area contributed by atoms with Crippen LogP contribution in [0.15, 0.2) is 0 Å². The van der Waals surface area contributed by atoms with Crippen LogP contribution in [-0.2, 0) is 0 Å². The van der Waals surface area contributed by atoms with Gasteiger partial charge < -0.3 is 21.7 Å². The van der Waals surface area contributed by atoms with Gasteiger partial charge in [0.25, 0.3) is 0 Å². The molecule has 0 N–H and O–H groups in total. The molecule has 0 fully saturated rings. The molecular formula is C11H26BF4N. The van der Waals surface area contributed by atoms with E-state index in [1.54, 1.807) is 0 Å². The van der Waals surface area contributed by atoms with Crippen LogP contribution in [0.25, 0.3) is 0 Å². The number of quaternary nitrogens is 1. The first-order valence-electron chi connectivity index (χ1n) is 6.13. The zero-order valence-electron chi connectivity index (χ0n) is 12.0. The molecule has 0 unspecified atom stereocenters. The maximum atomic E-state index is 9.75. The number of rotatable bonds is 4. The highest BCUT2D eigenvalue weighted by Crippen LogP contribution is 2.23. The van der Waals surface area contributed by atoms with Crippen molar-refractivity contribution in [3.63, 3.8) is 0 Å². The molecule has 0 atom stereocenters. The lowest BCUT2D eigenvalue weighted by Gasteiger charge is -2.48. The van der Waals surface area contributed by atoms with Crippen molar-refractivity contribution in [1.29, 1.82) is 0 Å². The standard InChI is InChI=1S/C11H26N.BF4/c1-8-12(9(2)3,10(4)5)11(6)7;2-1(3,4)5/h9-11H,8H2,1-7H3;/q+1;-1. The predicted octanol–water partition coefficient (Wildman–Crippen LogP) is 4.35. The summed E-state index contributed by atoms with van der Waals surface area (Å²) in [4.78, 5) is 0. The van der Waals surface area contributed by atoms with Crippen LogP contribution in [0.4, 0.5) is 17.3 Å². The Morgan fingerprint density at radius 3 is 0.941 bits per heavy atom. The van der Waals surface area contributed by atoms with Gasteiger partial charge in [-0.1, -0.05) is 0 Å². The zero-order valence-corrected chi connectivity index (χ0v) is 12.0. The Morgan fingerprint density at radius 2 is 0.941 bits per heavy atom. The minimum absolute atomic E-state index is 0.731. The molecule has 0 aliphatic carbocycles. The van der Waals surface area contributed by atoms with Gasteiger partial charge in [-0.15, -0.1) is 0 Å². The third-order valence-corrected chi connectivity index (χ3v) is 3.43. The molecule has 0 aromatic carbocycles. The summed E-state index contributed by atoms with van der Waals surface area (Å²) in [5.74, 6) is 0. The Kier molecular flexibility index (Phi) is 8.13. The first-order valence-corrected chi connectivity index (χ1v) is 6.13. The second-order valence-electron chi connectivity index (χ2n) is 5.09. The van der Waals surface area contributed by atoms with Crippen molar-refractivity contribution >= 4 is 7.25 Å². The van der Waals surface area contributed by atoms with E-state index in [-0.39, 0.29) is 0 Å². The molecule has 0 heterocycles. The third kappa shape index (κ3) is 6.91. The SMILES string of the molecule is CC[N+](C(C)C)(C(C)C)C(C)C.F[B-](F)(F)F. The van der Waals surface area contributed by atoms with Gasteiger partial charge in [0.1, 0.15) is 0 Å². The fourth-order valence-corrected chi connectivity index (χ4v) is 2.88. The molecule has 0 rings (SSSR count). The van der Waals surface area contributed by atoms with Crippen LogP contribution < -0.4 is 0 Å². The van der Waals surface area contributed by atoms with Crippen molar-refractivity contribution in [2.75, 3.05) is 6.54 Å². The van der Waals surface area contributed by atoms with Gasteiger partial charge in [0.05, 0.1) is 24.7 Å². The van der Waals surface area contributed by atoms with Crippen LogP contribution in [0.1, 0.15) is 48.5 Å². The van der Waals surface area contributed by atoms with Crippen molar-refractivity contribution in [3.8, 4) is 0 Å². The van der Waals surface area contributed by atoms with E-state index in [1.807, 2.05) is 0 Å². The highest BCUT2D eigenvalue weighted by atomic mass is 19.5. The summed E-state index contributed by atoms with van der Waals surface area (Å²) in [7, 11) is -6.00. The summed E-state index contributed by atoms with van der Waals surface area (Å²) in [6.45, 7) is 17.6. The summed E-state index contributed by atoms with van der Waals surface area (Å²) >= 11 is 0. The summed E-state index contributed by atoms with van der Waals surface area (Å²) in [5.41, 5.74) is 0. The molecule has 0 aromatic rings. The normalized spacial score (nSPS) is 13.1. The van der Waals surface area contributed by atoms with Gasteiger partial charge in [0.15, 0.2) is 0 Å². The number of hydrogen-bond donors (Lipinski definition) is 0. The highest BCUT2D eigenvalue weighted by Gasteiger charge is 2.35. The lowest BCUT2D eigenvalue weighted by atomic mass is 10.1. The smallest absolute Gasteiger partial charge is 0.418 e. The molecule has 0 saturated heterocycles. The lowest BCUT2D eigenvalue weighted by molar-refractivity contribution is -0.983. The van der Waals surface area contributed by atoms with Gasteiger partial charge in [-0.25, -0.2) is 0 Å². The Morgan fingerprint density at radius 1 is 0.765 bits per heavy atom. The van der Waals surface area contributed by atoms with E-state index >= 15 is 0 Å². The Hall–Kier alpha value is -0.255. The quantitative estimate of drug-likeness (QED) is 0.400. The number of hydrogen-bond acceptors (Lipinski definition) is 0. The van der Waals surface area contributed by atoms with Crippen molar-refractivity contribution in [3.05, 3.63) is 0 Å². The van der Waals surface area contributed by atoms with Crippen molar-refractivity contribution in [1.82, 2.24) is 0 Å². The molecule has 0 saturated carbocycles. The Labute approximate surface area is 103 Å². The summed E-state index contributed by atoms with van der Waals surface area (Å²) < 4.78 is 40.2. The minimum Gasteiger partial charge on any atom is -0.418 e. The molecule has 0 spiro atoms. The van der Waals surface area contributed by atoms with E-state index in [1.165, 1.54) is 11.0 Å². The van der Waals surface area contributed by atoms with Gasteiger partial charge in [-0.2, -0.15) is 0 Å². The van der Waals surface area contributed by atoms with E-state index in [4.69, 9.17) is 0 Å². The van der Waals surface area contributed by atoms with Crippen molar-refractivity contribution in [2.45, 2.75) is 66.6 Å². The van der Waals surface area contributed by atoms with Crippen molar-refractivity contribution < 1.29 is 21.7 Å². The van der Waals surface area contributed by atoms with Crippen LogP contribution in [-0.4, -0.2) is 36.4 Å². The van der Waals surface area contributed by atoms with E-state index in [0.717, 1.165) is 18.1 Å². The average Bonchev–Trinajstić information content (AvgIpc) is 1.99. The molecule has 106 valence electrons. The second kappa shape index (κ2) is 7.24. The molecule has 0 aromatic heterocycles. The van der Waals surface area contributed by atoms with E-state index in [9.17, 15) is 17.3 Å². The van der Waals surface area contributed by atoms with Crippen molar-refractivity contribution in [2.24, 2.45) is 0 Å². The summed E-state index contributed by atoms with van der Waals surface area (Å²) in [6, 6.07) is 2.19. The second-order valence-corrected chi connectivity index (χ2v) is 5.09. The van der Waals surface area contributed by atoms with E-state index in [2.05, 4.69) is 48.5 Å². The number of halogens is 4. The maximum Gasteiger partial charge on any atom is 0.673 e. The molecule has 1 nitrogen and oxygen atoms in total. The molecule has 17 heavy (non-hydrogen) atoms. The van der Waals surface area contributed by atoms with Gasteiger partial charge >= 0.3 is 7.25 Å². The first-order chi connectivity index (χ1) is 7.39. The first kappa shape index (κ1) is 19.1. The highest BCUT2D eigenvalue weighted by molar-refractivity contribution is 6.50. The molecule has 0 radical (unpaired) electrons. The van der Waals surface area contributed by atoms with Crippen LogP contribution in [0.3, 0.4) is 0 Å².